The average molecular weight is 419 g/mol. The third kappa shape index (κ3) is 4.22. The normalized spacial score (nSPS) is 15.2. The maximum absolute atomic E-state index is 12.8. The smallest absolute Gasteiger partial charge is 0.311 e. The summed E-state index contributed by atoms with van der Waals surface area (Å²) in [5.74, 6) is -0.316. The summed E-state index contributed by atoms with van der Waals surface area (Å²) in [6.45, 7) is 2.58. The Bertz CT molecular complexity index is 1030. The molecule has 2 aromatic carbocycles. The van der Waals surface area contributed by atoms with E-state index in [1.807, 2.05) is 6.92 Å². The Balaban J connectivity index is 1.72. The van der Waals surface area contributed by atoms with Crippen LogP contribution < -0.4 is 4.74 Å². The lowest BCUT2D eigenvalue weighted by molar-refractivity contribution is -0.385. The Hall–Kier alpha value is -2.98. The maximum Gasteiger partial charge on any atom is 0.311 e. The van der Waals surface area contributed by atoms with E-state index in [-0.39, 0.29) is 54.0 Å². The second kappa shape index (κ2) is 8.18. The van der Waals surface area contributed by atoms with Gasteiger partial charge in [-0.25, -0.2) is 8.42 Å². The SMILES string of the molecule is COc1ccc(C(=O)N2CCN(S(=O)(=O)c3ccc(C)cc3)CC2)cc1[N+](=O)[O-]. The van der Waals surface area contributed by atoms with E-state index in [0.29, 0.717) is 0 Å². The number of aryl methyl sites for hydroxylation is 1. The lowest BCUT2D eigenvalue weighted by atomic mass is 10.1. The molecule has 154 valence electrons. The van der Waals surface area contributed by atoms with Crippen LogP contribution in [0.4, 0.5) is 5.69 Å². The zero-order chi connectivity index (χ0) is 21.2. The molecule has 0 saturated carbocycles. The molecule has 0 aromatic heterocycles. The van der Waals surface area contributed by atoms with E-state index in [0.717, 1.165) is 5.56 Å². The quantitative estimate of drug-likeness (QED) is 0.542. The molecule has 1 aliphatic heterocycles. The van der Waals surface area contributed by atoms with E-state index in [1.54, 1.807) is 24.3 Å². The van der Waals surface area contributed by atoms with Gasteiger partial charge in [-0.2, -0.15) is 4.31 Å². The van der Waals surface area contributed by atoms with Crippen LogP contribution in [0.2, 0.25) is 0 Å². The van der Waals surface area contributed by atoms with Gasteiger partial charge in [-0.05, 0) is 31.2 Å². The van der Waals surface area contributed by atoms with Crippen LogP contribution in [0.5, 0.6) is 5.75 Å². The van der Waals surface area contributed by atoms with Crippen molar-refractivity contribution >= 4 is 21.6 Å². The van der Waals surface area contributed by atoms with Crippen molar-refractivity contribution in [3.8, 4) is 5.75 Å². The summed E-state index contributed by atoms with van der Waals surface area (Å²) >= 11 is 0. The van der Waals surface area contributed by atoms with Crippen LogP contribution in [0.25, 0.3) is 0 Å². The number of nitro benzene ring substituents is 1. The van der Waals surface area contributed by atoms with Crippen LogP contribution in [0.15, 0.2) is 47.4 Å². The highest BCUT2D eigenvalue weighted by atomic mass is 32.2. The minimum atomic E-state index is -3.63. The molecule has 10 heteroatoms. The Morgan fingerprint density at radius 3 is 2.24 bits per heavy atom. The molecule has 9 nitrogen and oxygen atoms in total. The number of carbonyl (C=O) groups excluding carboxylic acids is 1. The van der Waals surface area contributed by atoms with Gasteiger partial charge in [0.25, 0.3) is 5.91 Å². The van der Waals surface area contributed by atoms with Crippen molar-refractivity contribution in [1.82, 2.24) is 9.21 Å². The van der Waals surface area contributed by atoms with Gasteiger partial charge in [0.2, 0.25) is 10.0 Å². The number of ether oxygens (including phenoxy) is 1. The van der Waals surface area contributed by atoms with E-state index in [1.165, 1.54) is 34.5 Å². The molecule has 0 atom stereocenters. The fourth-order valence-corrected chi connectivity index (χ4v) is 4.56. The third-order valence-electron chi connectivity index (χ3n) is 4.81. The standard InChI is InChI=1S/C19H21N3O6S/c1-14-3-6-16(7-4-14)29(26,27)21-11-9-20(10-12-21)19(23)15-5-8-18(28-2)17(13-15)22(24)25/h3-8,13H,9-12H2,1-2H3. The van der Waals surface area contributed by atoms with Gasteiger partial charge in [-0.15, -0.1) is 0 Å². The highest BCUT2D eigenvalue weighted by molar-refractivity contribution is 7.89. The number of hydrogen-bond acceptors (Lipinski definition) is 6. The van der Waals surface area contributed by atoms with E-state index >= 15 is 0 Å². The molecule has 1 fully saturated rings. The molecule has 0 aliphatic carbocycles. The molecule has 3 rings (SSSR count). The molecule has 1 amide bonds. The lowest BCUT2D eigenvalue weighted by Crippen LogP contribution is -2.50. The monoisotopic (exact) mass is 419 g/mol. The molecule has 1 heterocycles. The molecule has 0 bridgehead atoms. The Labute approximate surface area is 168 Å². The first-order valence-electron chi connectivity index (χ1n) is 8.92. The van der Waals surface area contributed by atoms with Gasteiger partial charge in [-0.3, -0.25) is 14.9 Å². The second-order valence-electron chi connectivity index (χ2n) is 6.65. The van der Waals surface area contributed by atoms with E-state index in [9.17, 15) is 23.3 Å². The van der Waals surface area contributed by atoms with Gasteiger partial charge in [0, 0.05) is 37.8 Å². The highest BCUT2D eigenvalue weighted by Crippen LogP contribution is 2.28. The third-order valence-corrected chi connectivity index (χ3v) is 6.72. The van der Waals surface area contributed by atoms with Gasteiger partial charge in [0.05, 0.1) is 16.9 Å². The molecule has 29 heavy (non-hydrogen) atoms. The minimum Gasteiger partial charge on any atom is -0.490 e. The molecule has 0 spiro atoms. The van der Waals surface area contributed by atoms with Gasteiger partial charge in [-0.1, -0.05) is 17.7 Å². The summed E-state index contributed by atoms with van der Waals surface area (Å²) in [7, 11) is -2.31. The summed E-state index contributed by atoms with van der Waals surface area (Å²) in [5.41, 5.74) is 0.833. The van der Waals surface area contributed by atoms with Crippen LogP contribution >= 0.6 is 0 Å². The van der Waals surface area contributed by atoms with E-state index in [4.69, 9.17) is 4.74 Å². The summed E-state index contributed by atoms with van der Waals surface area (Å²) in [6, 6.07) is 10.6. The number of piperazine rings is 1. The summed E-state index contributed by atoms with van der Waals surface area (Å²) in [4.78, 5) is 25.0. The Morgan fingerprint density at radius 2 is 1.69 bits per heavy atom. The van der Waals surface area contributed by atoms with Gasteiger partial charge < -0.3 is 9.64 Å². The number of rotatable bonds is 5. The largest absolute Gasteiger partial charge is 0.490 e. The number of sulfonamides is 1. The molecule has 0 N–H and O–H groups in total. The number of methoxy groups -OCH3 is 1. The number of nitrogens with zero attached hydrogens (tertiary/aromatic N) is 3. The zero-order valence-corrected chi connectivity index (χ0v) is 16.9. The van der Waals surface area contributed by atoms with Crippen molar-refractivity contribution in [2.24, 2.45) is 0 Å². The van der Waals surface area contributed by atoms with Crippen molar-refractivity contribution in [1.29, 1.82) is 0 Å². The predicted molar refractivity (Wildman–Crippen MR) is 105 cm³/mol. The highest BCUT2D eigenvalue weighted by Gasteiger charge is 2.31. The second-order valence-corrected chi connectivity index (χ2v) is 8.59. The summed E-state index contributed by atoms with van der Waals surface area (Å²) in [5, 5.41) is 11.2. The van der Waals surface area contributed by atoms with Crippen LogP contribution in [0, 0.1) is 17.0 Å². The van der Waals surface area contributed by atoms with Crippen LogP contribution in [-0.2, 0) is 10.0 Å². The van der Waals surface area contributed by atoms with Crippen LogP contribution in [-0.4, -0.2) is 61.7 Å². The fourth-order valence-electron chi connectivity index (χ4n) is 3.14. The Kier molecular flexibility index (Phi) is 5.85. The van der Waals surface area contributed by atoms with Crippen molar-refractivity contribution in [2.45, 2.75) is 11.8 Å². The number of nitro groups is 1. The molecule has 0 unspecified atom stereocenters. The first kappa shape index (κ1) is 20.7. The van der Waals surface area contributed by atoms with Crippen molar-refractivity contribution in [2.75, 3.05) is 33.3 Å². The minimum absolute atomic E-state index is 0.0700. The van der Waals surface area contributed by atoms with Gasteiger partial charge >= 0.3 is 5.69 Å². The first-order valence-corrected chi connectivity index (χ1v) is 10.4. The molecule has 1 saturated heterocycles. The van der Waals surface area contributed by atoms with Crippen molar-refractivity contribution < 1.29 is 22.9 Å². The predicted octanol–water partition coefficient (Wildman–Crippen LogP) is 2.06. The van der Waals surface area contributed by atoms with E-state index in [2.05, 4.69) is 0 Å². The molecule has 0 radical (unpaired) electrons. The Morgan fingerprint density at radius 1 is 1.07 bits per heavy atom. The zero-order valence-electron chi connectivity index (χ0n) is 16.1. The van der Waals surface area contributed by atoms with Gasteiger partial charge in [0.1, 0.15) is 0 Å². The lowest BCUT2D eigenvalue weighted by Gasteiger charge is -2.34. The van der Waals surface area contributed by atoms with Crippen LogP contribution in [0.1, 0.15) is 15.9 Å². The number of carbonyl (C=O) groups is 1. The van der Waals surface area contributed by atoms with Crippen LogP contribution in [0.3, 0.4) is 0 Å². The maximum atomic E-state index is 12.8. The first-order chi connectivity index (χ1) is 13.7. The number of benzene rings is 2. The number of hydrogen-bond donors (Lipinski definition) is 0. The molecule has 1 aliphatic rings. The summed E-state index contributed by atoms with van der Waals surface area (Å²) in [6.07, 6.45) is 0. The summed E-state index contributed by atoms with van der Waals surface area (Å²) < 4.78 is 31.8. The average Bonchev–Trinajstić information content (AvgIpc) is 2.73. The van der Waals surface area contributed by atoms with Crippen molar-refractivity contribution in [3.05, 3.63) is 63.7 Å². The molecule has 2 aromatic rings. The fraction of sp³-hybridized carbons (Fsp3) is 0.316. The number of amides is 1. The molecular formula is C19H21N3O6S. The van der Waals surface area contributed by atoms with Crippen molar-refractivity contribution in [3.63, 3.8) is 0 Å². The van der Waals surface area contributed by atoms with E-state index < -0.39 is 14.9 Å². The topological polar surface area (TPSA) is 110 Å². The molecular weight excluding hydrogens is 398 g/mol. The van der Waals surface area contributed by atoms with Gasteiger partial charge in [0.15, 0.2) is 5.75 Å².